The van der Waals surface area contributed by atoms with Gasteiger partial charge in [-0.05, 0) is 38.1 Å². The first-order valence-electron chi connectivity index (χ1n) is 10.2. The van der Waals surface area contributed by atoms with Gasteiger partial charge in [-0.15, -0.1) is 0 Å². The number of pyridine rings is 1. The smallest absolute Gasteiger partial charge is 0.273 e. The van der Waals surface area contributed by atoms with Crippen molar-refractivity contribution in [2.75, 3.05) is 37.5 Å². The van der Waals surface area contributed by atoms with Gasteiger partial charge in [0.15, 0.2) is 11.5 Å². The molecule has 10 nitrogen and oxygen atoms in total. The van der Waals surface area contributed by atoms with Gasteiger partial charge in [0.2, 0.25) is 0 Å². The van der Waals surface area contributed by atoms with Gasteiger partial charge in [-0.1, -0.05) is 0 Å². The molecule has 2 atom stereocenters. The van der Waals surface area contributed by atoms with Crippen molar-refractivity contribution in [2.45, 2.75) is 26.1 Å². The third kappa shape index (κ3) is 4.22. The molecule has 1 aliphatic heterocycles. The van der Waals surface area contributed by atoms with Crippen LogP contribution in [0.25, 0.3) is 11.0 Å². The quantitative estimate of drug-likeness (QED) is 0.621. The van der Waals surface area contributed by atoms with Gasteiger partial charge in [0, 0.05) is 18.7 Å². The number of nitrogens with one attached hydrogen (secondary N) is 2. The monoisotopic (exact) mass is 439 g/mol. The molecule has 10 heteroatoms. The lowest BCUT2D eigenvalue weighted by molar-refractivity contribution is -0.00537. The van der Waals surface area contributed by atoms with Crippen molar-refractivity contribution >= 4 is 28.4 Å². The number of methoxy groups -OCH3 is 2. The number of anilines is 2. The summed E-state index contributed by atoms with van der Waals surface area (Å²) in [5.41, 5.74) is 0.362. The van der Waals surface area contributed by atoms with E-state index in [0.717, 1.165) is 0 Å². The number of hydrogen-bond acceptors (Lipinski definition) is 8. The van der Waals surface area contributed by atoms with E-state index in [0.29, 0.717) is 47.0 Å². The molecule has 0 unspecified atom stereocenters. The Morgan fingerprint density at radius 3 is 2.53 bits per heavy atom. The second-order valence-electron chi connectivity index (χ2n) is 7.66. The molecule has 4 rings (SSSR count). The number of nitrogens with zero attached hydrogens (tertiary/aromatic N) is 3. The average molecular weight is 439 g/mol. The standard InChI is InChI=1S/C22H25N5O5/c1-12-9-27(10-13(2)32-12)20-15-8-16(22(29)26-19(15)23-11-24-20)25-21(28)14-5-6-17(30-3)18(7-14)31-4/h5-8,11-13H,9-10H2,1-4H3,(H,25,28)(H,23,24,26,29)/t12-,13-/m1/s1. The topological polar surface area (TPSA) is 119 Å². The molecule has 0 spiro atoms. The third-order valence-corrected chi connectivity index (χ3v) is 5.24. The van der Waals surface area contributed by atoms with E-state index in [9.17, 15) is 9.59 Å². The van der Waals surface area contributed by atoms with Crippen LogP contribution in [-0.4, -0.2) is 60.4 Å². The molecular formula is C22H25N5O5. The zero-order valence-electron chi connectivity index (χ0n) is 18.3. The number of benzene rings is 1. The van der Waals surface area contributed by atoms with Gasteiger partial charge in [-0.25, -0.2) is 9.97 Å². The zero-order valence-corrected chi connectivity index (χ0v) is 18.3. The van der Waals surface area contributed by atoms with Crippen LogP contribution in [0, 0.1) is 0 Å². The maximum Gasteiger partial charge on any atom is 0.273 e. The molecule has 0 aliphatic carbocycles. The predicted molar refractivity (Wildman–Crippen MR) is 120 cm³/mol. The molecule has 3 heterocycles. The van der Waals surface area contributed by atoms with Crippen molar-refractivity contribution < 1.29 is 19.0 Å². The fourth-order valence-electron chi connectivity index (χ4n) is 3.87. The minimum Gasteiger partial charge on any atom is -0.493 e. The summed E-state index contributed by atoms with van der Waals surface area (Å²) in [4.78, 5) is 38.9. The van der Waals surface area contributed by atoms with Crippen LogP contribution in [-0.2, 0) is 4.74 Å². The number of morpholine rings is 1. The largest absolute Gasteiger partial charge is 0.493 e. The van der Waals surface area contributed by atoms with E-state index in [4.69, 9.17) is 14.2 Å². The first-order chi connectivity index (χ1) is 15.4. The fourth-order valence-corrected chi connectivity index (χ4v) is 3.87. The minimum absolute atomic E-state index is 0.0377. The zero-order chi connectivity index (χ0) is 22.8. The molecule has 0 saturated carbocycles. The Labute approximate surface area is 184 Å². The van der Waals surface area contributed by atoms with E-state index in [1.807, 2.05) is 13.8 Å². The lowest BCUT2D eigenvalue weighted by Gasteiger charge is -2.36. The van der Waals surface area contributed by atoms with Gasteiger partial charge in [0.1, 0.15) is 23.5 Å². The van der Waals surface area contributed by atoms with E-state index >= 15 is 0 Å². The molecule has 0 bridgehead atoms. The molecule has 32 heavy (non-hydrogen) atoms. The summed E-state index contributed by atoms with van der Waals surface area (Å²) in [5.74, 6) is 1.14. The molecule has 1 amide bonds. The molecule has 2 aromatic heterocycles. The van der Waals surface area contributed by atoms with Crippen LogP contribution in [0.15, 0.2) is 35.4 Å². The number of aromatic amines is 1. The first-order valence-corrected chi connectivity index (χ1v) is 10.2. The van der Waals surface area contributed by atoms with Gasteiger partial charge >= 0.3 is 0 Å². The molecule has 168 valence electrons. The molecule has 2 N–H and O–H groups in total. The molecular weight excluding hydrogens is 414 g/mol. The predicted octanol–water partition coefficient (Wildman–Crippen LogP) is 2.20. The van der Waals surface area contributed by atoms with Crippen molar-refractivity contribution in [2.24, 2.45) is 0 Å². The highest BCUT2D eigenvalue weighted by Gasteiger charge is 2.25. The number of aromatic nitrogens is 3. The number of carbonyl (C=O) groups excluding carboxylic acids is 1. The van der Waals surface area contributed by atoms with Crippen molar-refractivity contribution in [3.8, 4) is 11.5 Å². The summed E-state index contributed by atoms with van der Waals surface area (Å²) < 4.78 is 16.3. The summed E-state index contributed by atoms with van der Waals surface area (Å²) in [6.45, 7) is 5.32. The van der Waals surface area contributed by atoms with Gasteiger partial charge < -0.3 is 29.4 Å². The van der Waals surface area contributed by atoms with Gasteiger partial charge in [0.05, 0.1) is 31.8 Å². The van der Waals surface area contributed by atoms with E-state index in [2.05, 4.69) is 25.2 Å². The van der Waals surface area contributed by atoms with Crippen LogP contribution in [0.2, 0.25) is 0 Å². The molecule has 1 aromatic carbocycles. The SMILES string of the molecule is COc1ccc(C(=O)Nc2cc3c(N4C[C@@H](C)O[C@H](C)C4)ncnc3[nH]c2=O)cc1OC. The highest BCUT2D eigenvalue weighted by molar-refractivity contribution is 6.05. The van der Waals surface area contributed by atoms with Crippen LogP contribution in [0.4, 0.5) is 11.5 Å². The second-order valence-corrected chi connectivity index (χ2v) is 7.66. The lowest BCUT2D eigenvalue weighted by atomic mass is 10.1. The minimum atomic E-state index is -0.459. The van der Waals surface area contributed by atoms with E-state index in [-0.39, 0.29) is 17.9 Å². The van der Waals surface area contributed by atoms with Crippen LogP contribution >= 0.6 is 0 Å². The third-order valence-electron chi connectivity index (χ3n) is 5.24. The van der Waals surface area contributed by atoms with Crippen LogP contribution in [0.3, 0.4) is 0 Å². The van der Waals surface area contributed by atoms with Crippen molar-refractivity contribution in [3.63, 3.8) is 0 Å². The van der Waals surface area contributed by atoms with E-state index in [1.165, 1.54) is 20.5 Å². The number of H-pyrrole nitrogens is 1. The molecule has 3 aromatic rings. The number of rotatable bonds is 5. The Hall–Kier alpha value is -3.66. The maximum absolute atomic E-state index is 12.8. The van der Waals surface area contributed by atoms with Crippen molar-refractivity contribution in [3.05, 3.63) is 46.5 Å². The number of amides is 1. The van der Waals surface area contributed by atoms with E-state index < -0.39 is 11.5 Å². The molecule has 1 aliphatic rings. The normalized spacial score (nSPS) is 18.4. The Bertz CT molecular complexity index is 1200. The van der Waals surface area contributed by atoms with Crippen LogP contribution < -0.4 is 25.2 Å². The van der Waals surface area contributed by atoms with Crippen molar-refractivity contribution in [1.82, 2.24) is 15.0 Å². The Balaban J connectivity index is 1.68. The average Bonchev–Trinajstić information content (AvgIpc) is 2.78. The van der Waals surface area contributed by atoms with Gasteiger partial charge in [-0.3, -0.25) is 9.59 Å². The Morgan fingerprint density at radius 2 is 1.84 bits per heavy atom. The highest BCUT2D eigenvalue weighted by Crippen LogP contribution is 2.29. The number of ether oxygens (including phenoxy) is 3. The highest BCUT2D eigenvalue weighted by atomic mass is 16.5. The summed E-state index contributed by atoms with van der Waals surface area (Å²) in [7, 11) is 3.00. The molecule has 1 saturated heterocycles. The Kier molecular flexibility index (Phi) is 5.95. The Morgan fingerprint density at radius 1 is 1.12 bits per heavy atom. The fraction of sp³-hybridized carbons (Fsp3) is 0.364. The summed E-state index contributed by atoms with van der Waals surface area (Å²) >= 11 is 0. The van der Waals surface area contributed by atoms with E-state index in [1.54, 1.807) is 24.3 Å². The first kappa shape index (κ1) is 21.6. The summed E-state index contributed by atoms with van der Waals surface area (Å²) in [5, 5.41) is 3.31. The van der Waals surface area contributed by atoms with Crippen LogP contribution in [0.1, 0.15) is 24.2 Å². The summed E-state index contributed by atoms with van der Waals surface area (Å²) in [6, 6.07) is 6.38. The molecule has 0 radical (unpaired) electrons. The van der Waals surface area contributed by atoms with Crippen molar-refractivity contribution in [1.29, 1.82) is 0 Å². The van der Waals surface area contributed by atoms with Gasteiger partial charge in [-0.2, -0.15) is 0 Å². The van der Waals surface area contributed by atoms with Gasteiger partial charge in [0.25, 0.3) is 11.5 Å². The maximum atomic E-state index is 12.8. The van der Waals surface area contributed by atoms with Crippen LogP contribution in [0.5, 0.6) is 11.5 Å². The second kappa shape index (κ2) is 8.83. The lowest BCUT2D eigenvalue weighted by Crippen LogP contribution is -2.46. The number of hydrogen-bond donors (Lipinski definition) is 2. The molecule has 1 fully saturated rings. The number of fused-ring (bicyclic) bond motifs is 1. The number of carbonyl (C=O) groups is 1. The summed E-state index contributed by atoms with van der Waals surface area (Å²) in [6.07, 6.45) is 1.49.